The van der Waals surface area contributed by atoms with Crippen molar-refractivity contribution in [3.05, 3.63) is 11.5 Å². The molecule has 0 radical (unpaired) electrons. The summed E-state index contributed by atoms with van der Waals surface area (Å²) < 4.78 is 0. The number of unbranched alkanes of at least 4 members (excludes halogenated alkanes) is 6. The Labute approximate surface area is 81.8 Å². The predicted octanol–water partition coefficient (Wildman–Crippen LogP) is 4.61. The van der Waals surface area contributed by atoms with Gasteiger partial charge in [0, 0.05) is 0 Å². The molecule has 0 spiro atoms. The summed E-state index contributed by atoms with van der Waals surface area (Å²) in [7, 11) is 0. The zero-order valence-electron chi connectivity index (χ0n) is 8.51. The summed E-state index contributed by atoms with van der Waals surface area (Å²) >= 11 is 1.79. The normalized spacial score (nSPS) is 11.2. The quantitative estimate of drug-likeness (QED) is 0.499. The molecule has 1 heteroatoms. The van der Waals surface area contributed by atoms with Gasteiger partial charge < -0.3 is 0 Å². The van der Waals surface area contributed by atoms with E-state index >= 15 is 0 Å². The Bertz CT molecular complexity index is 97.2. The fraction of sp³-hybridized carbons (Fsp3) is 0.818. The SMILES string of the molecule is CCCCCCCC/C=C\SC. The van der Waals surface area contributed by atoms with E-state index in [1.54, 1.807) is 11.8 Å². The largest absolute Gasteiger partial charge is 0.138 e. The zero-order valence-corrected chi connectivity index (χ0v) is 9.33. The number of hydrogen-bond donors (Lipinski definition) is 0. The predicted molar refractivity (Wildman–Crippen MR) is 60.6 cm³/mol. The van der Waals surface area contributed by atoms with E-state index in [-0.39, 0.29) is 0 Å². The van der Waals surface area contributed by atoms with E-state index in [1.165, 1.54) is 44.9 Å². The molecule has 0 aliphatic rings. The minimum atomic E-state index is 1.27. The molecule has 0 heterocycles. The molecule has 0 aliphatic heterocycles. The molecule has 0 nitrogen and oxygen atoms in total. The summed E-state index contributed by atoms with van der Waals surface area (Å²) in [5.74, 6) is 0. The van der Waals surface area contributed by atoms with Gasteiger partial charge in [-0.1, -0.05) is 45.1 Å². The lowest BCUT2D eigenvalue weighted by Gasteiger charge is -1.97. The number of rotatable bonds is 8. The van der Waals surface area contributed by atoms with Crippen LogP contribution in [0.25, 0.3) is 0 Å². The molecule has 0 bridgehead atoms. The Morgan fingerprint density at radius 1 is 1.00 bits per heavy atom. The van der Waals surface area contributed by atoms with Crippen LogP contribution in [-0.2, 0) is 0 Å². The molecule has 0 N–H and O–H groups in total. The molecule has 0 atom stereocenters. The highest BCUT2D eigenvalue weighted by Gasteiger charge is 1.87. The Balaban J connectivity index is 2.86. The Morgan fingerprint density at radius 2 is 1.67 bits per heavy atom. The molecule has 0 aromatic rings. The third-order valence-electron chi connectivity index (χ3n) is 1.96. The maximum atomic E-state index is 2.28. The molecule has 0 unspecified atom stereocenters. The second kappa shape index (κ2) is 11.1. The summed E-state index contributed by atoms with van der Waals surface area (Å²) in [5.41, 5.74) is 0. The monoisotopic (exact) mass is 186 g/mol. The second-order valence-electron chi connectivity index (χ2n) is 3.16. The highest BCUT2D eigenvalue weighted by molar-refractivity contribution is 8.01. The van der Waals surface area contributed by atoms with Gasteiger partial charge >= 0.3 is 0 Å². The van der Waals surface area contributed by atoms with Crippen molar-refractivity contribution in [2.45, 2.75) is 51.9 Å². The van der Waals surface area contributed by atoms with Crippen molar-refractivity contribution >= 4 is 11.8 Å². The fourth-order valence-corrected chi connectivity index (χ4v) is 1.54. The van der Waals surface area contributed by atoms with Crippen molar-refractivity contribution in [1.82, 2.24) is 0 Å². The summed E-state index contributed by atoms with van der Waals surface area (Å²) in [6.45, 7) is 2.27. The van der Waals surface area contributed by atoms with Crippen LogP contribution >= 0.6 is 11.8 Å². The van der Waals surface area contributed by atoms with Crippen LogP contribution in [0.4, 0.5) is 0 Å². The highest BCUT2D eigenvalue weighted by atomic mass is 32.2. The Hall–Kier alpha value is 0.0900. The van der Waals surface area contributed by atoms with Gasteiger partial charge in [0.25, 0.3) is 0 Å². The summed E-state index contributed by atoms with van der Waals surface area (Å²) in [5, 5.41) is 2.19. The molecule has 0 aromatic heterocycles. The van der Waals surface area contributed by atoms with Crippen molar-refractivity contribution < 1.29 is 0 Å². The lowest BCUT2D eigenvalue weighted by Crippen LogP contribution is -1.77. The van der Waals surface area contributed by atoms with E-state index in [1.807, 2.05) is 0 Å². The molecule has 0 fully saturated rings. The van der Waals surface area contributed by atoms with E-state index in [0.29, 0.717) is 0 Å². The molecular formula is C11H22S. The van der Waals surface area contributed by atoms with Crippen LogP contribution in [-0.4, -0.2) is 6.26 Å². The number of hydrogen-bond acceptors (Lipinski definition) is 1. The first-order valence-corrected chi connectivity index (χ1v) is 6.38. The van der Waals surface area contributed by atoms with Crippen LogP contribution in [0, 0.1) is 0 Å². The van der Waals surface area contributed by atoms with Gasteiger partial charge in [0.05, 0.1) is 0 Å². The molecule has 0 amide bonds. The smallest absolute Gasteiger partial charge is 0.0142 e. The Morgan fingerprint density at radius 3 is 2.33 bits per heavy atom. The molecule has 72 valence electrons. The molecule has 0 aromatic carbocycles. The van der Waals surface area contributed by atoms with E-state index < -0.39 is 0 Å². The summed E-state index contributed by atoms with van der Waals surface area (Å²) in [6.07, 6.45) is 14.1. The highest BCUT2D eigenvalue weighted by Crippen LogP contribution is 2.07. The second-order valence-corrected chi connectivity index (χ2v) is 3.91. The summed E-state index contributed by atoms with van der Waals surface area (Å²) in [4.78, 5) is 0. The lowest BCUT2D eigenvalue weighted by molar-refractivity contribution is 0.611. The average molecular weight is 186 g/mol. The first-order chi connectivity index (χ1) is 5.91. The number of allylic oxidation sites excluding steroid dienone is 1. The van der Waals surface area contributed by atoms with Gasteiger partial charge in [-0.05, 0) is 24.5 Å². The third-order valence-corrected chi connectivity index (χ3v) is 2.42. The van der Waals surface area contributed by atoms with Crippen molar-refractivity contribution in [2.24, 2.45) is 0 Å². The summed E-state index contributed by atoms with van der Waals surface area (Å²) in [6, 6.07) is 0. The van der Waals surface area contributed by atoms with Crippen LogP contribution in [0.15, 0.2) is 11.5 Å². The van der Waals surface area contributed by atoms with E-state index in [2.05, 4.69) is 24.7 Å². The van der Waals surface area contributed by atoms with Crippen molar-refractivity contribution in [1.29, 1.82) is 0 Å². The standard InChI is InChI=1S/C11H22S/c1-3-4-5-6-7-8-9-10-11-12-2/h10-11H,3-9H2,1-2H3/b11-10-. The molecule has 0 saturated heterocycles. The first-order valence-electron chi connectivity index (χ1n) is 5.09. The fourth-order valence-electron chi connectivity index (χ4n) is 1.21. The van der Waals surface area contributed by atoms with E-state index in [0.717, 1.165) is 0 Å². The molecule has 12 heavy (non-hydrogen) atoms. The Kier molecular flexibility index (Phi) is 11.2. The molecule has 0 aliphatic carbocycles. The zero-order chi connectivity index (χ0) is 9.07. The van der Waals surface area contributed by atoms with Crippen LogP contribution in [0.3, 0.4) is 0 Å². The molecule has 0 rings (SSSR count). The van der Waals surface area contributed by atoms with Crippen LogP contribution in [0.1, 0.15) is 51.9 Å². The maximum Gasteiger partial charge on any atom is -0.0142 e. The van der Waals surface area contributed by atoms with Crippen molar-refractivity contribution in [3.63, 3.8) is 0 Å². The van der Waals surface area contributed by atoms with Crippen LogP contribution in [0.2, 0.25) is 0 Å². The van der Waals surface area contributed by atoms with Gasteiger partial charge in [-0.15, -0.1) is 11.8 Å². The molecule has 0 saturated carbocycles. The topological polar surface area (TPSA) is 0 Å². The van der Waals surface area contributed by atoms with Gasteiger partial charge in [0.15, 0.2) is 0 Å². The molecular weight excluding hydrogens is 164 g/mol. The van der Waals surface area contributed by atoms with Crippen LogP contribution < -0.4 is 0 Å². The van der Waals surface area contributed by atoms with Gasteiger partial charge in [-0.2, -0.15) is 0 Å². The van der Waals surface area contributed by atoms with E-state index in [9.17, 15) is 0 Å². The maximum absolute atomic E-state index is 2.28. The minimum absolute atomic E-state index is 1.27. The van der Waals surface area contributed by atoms with E-state index in [4.69, 9.17) is 0 Å². The number of thioether (sulfide) groups is 1. The van der Waals surface area contributed by atoms with Gasteiger partial charge in [-0.3, -0.25) is 0 Å². The van der Waals surface area contributed by atoms with Gasteiger partial charge in [-0.25, -0.2) is 0 Å². The van der Waals surface area contributed by atoms with Gasteiger partial charge in [0.2, 0.25) is 0 Å². The average Bonchev–Trinajstić information content (AvgIpc) is 2.10. The minimum Gasteiger partial charge on any atom is -0.138 e. The van der Waals surface area contributed by atoms with Crippen molar-refractivity contribution in [3.8, 4) is 0 Å². The van der Waals surface area contributed by atoms with Crippen LogP contribution in [0.5, 0.6) is 0 Å². The third kappa shape index (κ3) is 10.1. The van der Waals surface area contributed by atoms with Gasteiger partial charge in [0.1, 0.15) is 0 Å². The lowest BCUT2D eigenvalue weighted by atomic mass is 10.1. The van der Waals surface area contributed by atoms with Crippen molar-refractivity contribution in [2.75, 3.05) is 6.26 Å². The first kappa shape index (κ1) is 12.1.